The molecule has 0 aliphatic heterocycles. The Morgan fingerprint density at radius 3 is 2.71 bits per heavy atom. The normalized spacial score (nSPS) is 25.6. The summed E-state index contributed by atoms with van der Waals surface area (Å²) in [5.41, 5.74) is 2.74. The fourth-order valence-electron chi connectivity index (χ4n) is 2.67. The molecule has 0 heterocycles. The number of fused-ring (bicyclic) bond motifs is 1. The third-order valence-corrected chi connectivity index (χ3v) is 5.57. The highest BCUT2D eigenvalue weighted by atomic mass is 32.2. The first-order valence-electron chi connectivity index (χ1n) is 6.29. The van der Waals surface area contributed by atoms with E-state index in [1.807, 2.05) is 20.9 Å². The summed E-state index contributed by atoms with van der Waals surface area (Å²) in [5.74, 6) is 0. The van der Waals surface area contributed by atoms with Gasteiger partial charge in [-0.15, -0.1) is 0 Å². The average molecular weight is 251 g/mol. The first-order valence-corrected chi connectivity index (χ1v) is 7.57. The largest absolute Gasteiger partial charge is 0.312 e. The van der Waals surface area contributed by atoms with Crippen molar-refractivity contribution < 1.29 is 4.21 Å². The molecule has 0 bridgehead atoms. The molecule has 1 aliphatic carbocycles. The molecule has 1 aromatic rings. The number of nitrogens with one attached hydrogen (secondary N) is 1. The van der Waals surface area contributed by atoms with Crippen LogP contribution in [0.4, 0.5) is 0 Å². The lowest BCUT2D eigenvalue weighted by Gasteiger charge is -2.33. The van der Waals surface area contributed by atoms with Gasteiger partial charge in [0, 0.05) is 22.1 Å². The van der Waals surface area contributed by atoms with Gasteiger partial charge in [0.05, 0.1) is 5.25 Å². The van der Waals surface area contributed by atoms with E-state index in [1.54, 1.807) is 0 Å². The Morgan fingerprint density at radius 1 is 1.35 bits per heavy atom. The molecule has 0 aromatic heterocycles. The van der Waals surface area contributed by atoms with Crippen molar-refractivity contribution in [1.29, 1.82) is 0 Å². The molecule has 1 aliphatic rings. The molecule has 2 rings (SSSR count). The average Bonchev–Trinajstić information content (AvgIpc) is 2.36. The Bertz CT molecular complexity index is 416. The van der Waals surface area contributed by atoms with E-state index in [2.05, 4.69) is 29.6 Å². The summed E-state index contributed by atoms with van der Waals surface area (Å²) >= 11 is 0. The van der Waals surface area contributed by atoms with E-state index < -0.39 is 10.8 Å². The van der Waals surface area contributed by atoms with Crippen LogP contribution in [0, 0.1) is 0 Å². The zero-order chi connectivity index (χ0) is 12.4. The van der Waals surface area contributed by atoms with Gasteiger partial charge in [-0.3, -0.25) is 4.21 Å². The minimum atomic E-state index is -0.758. The standard InChI is InChI=1S/C14H21NOS/c1-10(2)17(16)13-9-8-11-6-4-5-7-12(11)14(13)15-3/h4-7,10,13-15H,8-9H2,1-3H3. The van der Waals surface area contributed by atoms with Crippen LogP contribution in [0.5, 0.6) is 0 Å². The summed E-state index contributed by atoms with van der Waals surface area (Å²) in [6.07, 6.45) is 2.07. The van der Waals surface area contributed by atoms with Gasteiger partial charge in [0.25, 0.3) is 0 Å². The first-order chi connectivity index (χ1) is 8.15. The number of rotatable bonds is 3. The van der Waals surface area contributed by atoms with Crippen molar-refractivity contribution in [3.8, 4) is 0 Å². The molecular weight excluding hydrogens is 230 g/mol. The Hall–Kier alpha value is -0.670. The number of hydrogen-bond acceptors (Lipinski definition) is 2. The van der Waals surface area contributed by atoms with E-state index in [0.29, 0.717) is 0 Å². The molecule has 3 unspecified atom stereocenters. The van der Waals surface area contributed by atoms with E-state index in [0.717, 1.165) is 12.8 Å². The van der Waals surface area contributed by atoms with Crippen molar-refractivity contribution in [1.82, 2.24) is 5.32 Å². The van der Waals surface area contributed by atoms with Crippen LogP contribution < -0.4 is 5.32 Å². The maximum absolute atomic E-state index is 12.3. The Kier molecular flexibility index (Phi) is 4.00. The van der Waals surface area contributed by atoms with Gasteiger partial charge in [-0.05, 0) is 31.0 Å². The Morgan fingerprint density at radius 2 is 2.06 bits per heavy atom. The lowest BCUT2D eigenvalue weighted by Crippen LogP contribution is -2.39. The third kappa shape index (κ3) is 2.45. The molecule has 0 spiro atoms. The van der Waals surface area contributed by atoms with Gasteiger partial charge in [-0.2, -0.15) is 0 Å². The monoisotopic (exact) mass is 251 g/mol. The summed E-state index contributed by atoms with van der Waals surface area (Å²) in [4.78, 5) is 0. The zero-order valence-electron chi connectivity index (χ0n) is 10.8. The highest BCUT2D eigenvalue weighted by Crippen LogP contribution is 2.33. The molecule has 1 aromatic carbocycles. The van der Waals surface area contributed by atoms with Crippen molar-refractivity contribution in [3.63, 3.8) is 0 Å². The van der Waals surface area contributed by atoms with Crippen molar-refractivity contribution in [2.24, 2.45) is 0 Å². The smallest absolute Gasteiger partial charge is 0.0548 e. The molecule has 3 atom stereocenters. The second-order valence-corrected chi connectivity index (χ2v) is 7.12. The number of hydrogen-bond donors (Lipinski definition) is 1. The molecule has 2 nitrogen and oxygen atoms in total. The minimum Gasteiger partial charge on any atom is -0.312 e. The molecule has 0 fully saturated rings. The van der Waals surface area contributed by atoms with Crippen molar-refractivity contribution in [3.05, 3.63) is 35.4 Å². The number of aryl methyl sites for hydroxylation is 1. The van der Waals surface area contributed by atoms with Crippen LogP contribution in [0.1, 0.15) is 37.4 Å². The van der Waals surface area contributed by atoms with Gasteiger partial charge < -0.3 is 5.32 Å². The second kappa shape index (κ2) is 5.32. The van der Waals surface area contributed by atoms with Gasteiger partial charge in [-0.1, -0.05) is 38.1 Å². The predicted molar refractivity (Wildman–Crippen MR) is 73.6 cm³/mol. The van der Waals surface area contributed by atoms with Gasteiger partial charge in [-0.25, -0.2) is 0 Å². The highest BCUT2D eigenvalue weighted by molar-refractivity contribution is 7.86. The topological polar surface area (TPSA) is 29.1 Å². The predicted octanol–water partition coefficient (Wildman–Crippen LogP) is 2.42. The third-order valence-electron chi connectivity index (χ3n) is 3.53. The van der Waals surface area contributed by atoms with Crippen LogP contribution in [0.2, 0.25) is 0 Å². The molecule has 17 heavy (non-hydrogen) atoms. The second-order valence-electron chi connectivity index (χ2n) is 4.92. The van der Waals surface area contributed by atoms with E-state index in [9.17, 15) is 4.21 Å². The molecule has 94 valence electrons. The van der Waals surface area contributed by atoms with Crippen molar-refractivity contribution in [2.75, 3.05) is 7.05 Å². The van der Waals surface area contributed by atoms with E-state index in [-0.39, 0.29) is 16.5 Å². The SMILES string of the molecule is CNC1c2ccccc2CCC1S(=O)C(C)C. The van der Waals surface area contributed by atoms with E-state index in [4.69, 9.17) is 0 Å². The molecule has 1 N–H and O–H groups in total. The minimum absolute atomic E-state index is 0.237. The van der Waals surface area contributed by atoms with Crippen LogP contribution in [-0.4, -0.2) is 21.8 Å². The van der Waals surface area contributed by atoms with Crippen LogP contribution in [-0.2, 0) is 17.2 Å². The maximum atomic E-state index is 12.3. The molecule has 0 amide bonds. The number of benzene rings is 1. The van der Waals surface area contributed by atoms with Crippen molar-refractivity contribution >= 4 is 10.8 Å². The molecule has 0 saturated carbocycles. The highest BCUT2D eigenvalue weighted by Gasteiger charge is 2.33. The van der Waals surface area contributed by atoms with Gasteiger partial charge in [0.15, 0.2) is 0 Å². The van der Waals surface area contributed by atoms with Crippen LogP contribution >= 0.6 is 0 Å². The lowest BCUT2D eigenvalue weighted by molar-refractivity contribution is 0.496. The lowest BCUT2D eigenvalue weighted by atomic mass is 9.87. The summed E-state index contributed by atoms with van der Waals surface area (Å²) in [5, 5.41) is 3.84. The van der Waals surface area contributed by atoms with Crippen LogP contribution in [0.3, 0.4) is 0 Å². The molecule has 3 heteroatoms. The van der Waals surface area contributed by atoms with Crippen LogP contribution in [0.15, 0.2) is 24.3 Å². The van der Waals surface area contributed by atoms with E-state index >= 15 is 0 Å². The van der Waals surface area contributed by atoms with Crippen molar-refractivity contribution in [2.45, 2.75) is 43.2 Å². The first kappa shape index (κ1) is 12.8. The Balaban J connectivity index is 2.32. The summed E-state index contributed by atoms with van der Waals surface area (Å²) in [6, 6.07) is 8.76. The van der Waals surface area contributed by atoms with Gasteiger partial charge >= 0.3 is 0 Å². The molecule has 0 saturated heterocycles. The quantitative estimate of drug-likeness (QED) is 0.894. The van der Waals surface area contributed by atoms with Gasteiger partial charge in [0.1, 0.15) is 0 Å². The summed E-state index contributed by atoms with van der Waals surface area (Å²) in [7, 11) is 1.21. The summed E-state index contributed by atoms with van der Waals surface area (Å²) < 4.78 is 12.3. The zero-order valence-corrected chi connectivity index (χ0v) is 11.6. The van der Waals surface area contributed by atoms with E-state index in [1.165, 1.54) is 11.1 Å². The maximum Gasteiger partial charge on any atom is 0.0548 e. The van der Waals surface area contributed by atoms with Crippen LogP contribution in [0.25, 0.3) is 0 Å². The van der Waals surface area contributed by atoms with Gasteiger partial charge in [0.2, 0.25) is 0 Å². The molecular formula is C14H21NOS. The summed E-state index contributed by atoms with van der Waals surface area (Å²) in [6.45, 7) is 4.09. The molecule has 0 radical (unpaired) electrons. The fourth-order valence-corrected chi connectivity index (χ4v) is 4.27. The fraction of sp³-hybridized carbons (Fsp3) is 0.571. The Labute approximate surface area is 106 Å².